The Morgan fingerprint density at radius 2 is 2.32 bits per heavy atom. The molecule has 0 saturated carbocycles. The second-order valence-corrected chi connectivity index (χ2v) is 5.79. The molecule has 1 aromatic carbocycles. The van der Waals surface area contributed by atoms with Crippen molar-refractivity contribution in [1.82, 2.24) is 20.1 Å². The number of benzene rings is 1. The van der Waals surface area contributed by atoms with Gasteiger partial charge in [-0.05, 0) is 26.0 Å². The largest absolute Gasteiger partial charge is 0.480 e. The van der Waals surface area contributed by atoms with E-state index in [4.69, 9.17) is 14.7 Å². The number of aromatic nitrogens is 3. The van der Waals surface area contributed by atoms with E-state index in [2.05, 4.69) is 21.3 Å². The lowest BCUT2D eigenvalue weighted by Gasteiger charge is -2.33. The van der Waals surface area contributed by atoms with Crippen molar-refractivity contribution < 1.29 is 14.3 Å². The maximum Gasteiger partial charge on any atom is 0.263 e. The highest BCUT2D eigenvalue weighted by Gasteiger charge is 2.31. The molecule has 2 atom stereocenters. The van der Waals surface area contributed by atoms with Crippen LogP contribution in [0.2, 0.25) is 0 Å². The third-order valence-electron chi connectivity index (χ3n) is 3.94. The fourth-order valence-corrected chi connectivity index (χ4v) is 2.67. The summed E-state index contributed by atoms with van der Waals surface area (Å²) in [6.07, 6.45) is -1.07. The molecule has 0 aliphatic carbocycles. The summed E-state index contributed by atoms with van der Waals surface area (Å²) < 4.78 is 11.4. The van der Waals surface area contributed by atoms with Crippen LogP contribution in [0.1, 0.15) is 30.2 Å². The zero-order valence-electron chi connectivity index (χ0n) is 14.1. The van der Waals surface area contributed by atoms with E-state index in [0.29, 0.717) is 42.7 Å². The zero-order chi connectivity index (χ0) is 17.8. The molecule has 0 bridgehead atoms. The summed E-state index contributed by atoms with van der Waals surface area (Å²) in [4.78, 5) is 18.6. The van der Waals surface area contributed by atoms with Gasteiger partial charge in [0.25, 0.3) is 5.91 Å². The van der Waals surface area contributed by atoms with Gasteiger partial charge in [-0.15, -0.1) is 0 Å². The predicted molar refractivity (Wildman–Crippen MR) is 87.6 cm³/mol. The molecule has 130 valence electrons. The molecule has 8 nitrogen and oxygen atoms in total. The average Bonchev–Trinajstić information content (AvgIpc) is 3.08. The summed E-state index contributed by atoms with van der Waals surface area (Å²) in [5, 5.41) is 16.0. The first-order valence-corrected chi connectivity index (χ1v) is 8.03. The van der Waals surface area contributed by atoms with Crippen molar-refractivity contribution in [3.8, 4) is 11.8 Å². The van der Waals surface area contributed by atoms with E-state index in [1.165, 1.54) is 0 Å². The van der Waals surface area contributed by atoms with Crippen LogP contribution in [0, 0.1) is 18.3 Å². The second-order valence-electron chi connectivity index (χ2n) is 5.79. The monoisotopic (exact) mass is 341 g/mol. The van der Waals surface area contributed by atoms with Crippen LogP contribution in [0.5, 0.6) is 5.75 Å². The van der Waals surface area contributed by atoms with E-state index in [-0.39, 0.29) is 12.0 Å². The maximum atomic E-state index is 12.7. The number of carbonyl (C=O) groups is 1. The van der Waals surface area contributed by atoms with E-state index in [1.807, 2.05) is 6.92 Å². The van der Waals surface area contributed by atoms with Gasteiger partial charge in [-0.1, -0.05) is 12.1 Å². The molecule has 3 rings (SSSR count). The molecule has 2 heterocycles. The third kappa shape index (κ3) is 3.78. The fraction of sp³-hybridized carbons (Fsp3) is 0.412. The van der Waals surface area contributed by atoms with Crippen LogP contribution in [0.25, 0.3) is 0 Å². The average molecular weight is 341 g/mol. The molecule has 1 saturated heterocycles. The number of rotatable bonds is 4. The van der Waals surface area contributed by atoms with Crippen molar-refractivity contribution in [2.24, 2.45) is 0 Å². The molecule has 0 spiro atoms. The van der Waals surface area contributed by atoms with E-state index in [0.717, 1.165) is 0 Å². The third-order valence-corrected chi connectivity index (χ3v) is 3.94. The summed E-state index contributed by atoms with van der Waals surface area (Å²) in [5.74, 6) is 1.49. The fourth-order valence-electron chi connectivity index (χ4n) is 2.67. The van der Waals surface area contributed by atoms with Crippen LogP contribution in [-0.2, 0) is 9.53 Å². The van der Waals surface area contributed by atoms with Crippen molar-refractivity contribution in [1.29, 1.82) is 5.26 Å². The Morgan fingerprint density at radius 3 is 3.04 bits per heavy atom. The number of morpholine rings is 1. The van der Waals surface area contributed by atoms with E-state index in [1.54, 1.807) is 36.1 Å². The first kappa shape index (κ1) is 16.9. The van der Waals surface area contributed by atoms with E-state index < -0.39 is 6.10 Å². The zero-order valence-corrected chi connectivity index (χ0v) is 14.1. The number of ether oxygens (including phenoxy) is 2. The highest BCUT2D eigenvalue weighted by atomic mass is 16.5. The molecule has 1 aliphatic heterocycles. The summed E-state index contributed by atoms with van der Waals surface area (Å²) in [6, 6.07) is 8.92. The smallest absolute Gasteiger partial charge is 0.263 e. The minimum Gasteiger partial charge on any atom is -0.480 e. The number of para-hydroxylation sites is 1. The van der Waals surface area contributed by atoms with Gasteiger partial charge in [0.05, 0.1) is 18.7 Å². The molecule has 8 heteroatoms. The molecular weight excluding hydrogens is 322 g/mol. The Labute approximate surface area is 145 Å². The van der Waals surface area contributed by atoms with E-state index >= 15 is 0 Å². The lowest BCUT2D eigenvalue weighted by Crippen LogP contribution is -2.47. The van der Waals surface area contributed by atoms with E-state index in [9.17, 15) is 4.79 Å². The standard InChI is InChI=1S/C17H19N5O3/c1-11(25-14-6-4-3-5-13(14)9-18)17(23)22-7-8-24-15(10-22)16-19-12(2)20-21-16/h3-6,11,15H,7-8,10H2,1-2H3,(H,19,20,21)/t11-,15-/m0/s1. The van der Waals surface area contributed by atoms with Gasteiger partial charge in [0, 0.05) is 6.54 Å². The Hall–Kier alpha value is -2.92. The molecule has 0 radical (unpaired) electrons. The van der Waals surface area contributed by atoms with Crippen molar-refractivity contribution in [3.05, 3.63) is 41.5 Å². The van der Waals surface area contributed by atoms with Gasteiger partial charge in [0.2, 0.25) is 0 Å². The number of nitrogens with one attached hydrogen (secondary N) is 1. The molecular formula is C17H19N5O3. The van der Waals surface area contributed by atoms with Crippen molar-refractivity contribution in [2.45, 2.75) is 26.1 Å². The number of aryl methyl sites for hydroxylation is 1. The van der Waals surface area contributed by atoms with Gasteiger partial charge in [0.15, 0.2) is 11.9 Å². The normalized spacial score (nSPS) is 18.4. The molecule has 25 heavy (non-hydrogen) atoms. The lowest BCUT2D eigenvalue weighted by atomic mass is 10.2. The molecule has 1 fully saturated rings. The van der Waals surface area contributed by atoms with Crippen molar-refractivity contribution in [3.63, 3.8) is 0 Å². The van der Waals surface area contributed by atoms with Crippen LogP contribution in [-0.4, -0.2) is 51.8 Å². The van der Waals surface area contributed by atoms with Crippen molar-refractivity contribution >= 4 is 5.91 Å². The highest BCUT2D eigenvalue weighted by Crippen LogP contribution is 2.22. The molecule has 1 amide bonds. The van der Waals surface area contributed by atoms with Gasteiger partial charge in [0.1, 0.15) is 23.7 Å². The van der Waals surface area contributed by atoms with Crippen LogP contribution in [0.3, 0.4) is 0 Å². The molecule has 1 aliphatic rings. The Morgan fingerprint density at radius 1 is 1.52 bits per heavy atom. The van der Waals surface area contributed by atoms with Gasteiger partial charge in [-0.3, -0.25) is 9.89 Å². The van der Waals surface area contributed by atoms with Crippen LogP contribution in [0.4, 0.5) is 0 Å². The minimum atomic E-state index is -0.706. The minimum absolute atomic E-state index is 0.159. The Balaban J connectivity index is 1.66. The summed E-state index contributed by atoms with van der Waals surface area (Å²) in [7, 11) is 0. The molecule has 2 aromatic rings. The topological polar surface area (TPSA) is 104 Å². The molecule has 1 aromatic heterocycles. The molecule has 1 N–H and O–H groups in total. The van der Waals surface area contributed by atoms with Crippen LogP contribution < -0.4 is 4.74 Å². The first-order chi connectivity index (χ1) is 12.1. The highest BCUT2D eigenvalue weighted by molar-refractivity contribution is 5.81. The number of nitriles is 1. The number of amides is 1. The quantitative estimate of drug-likeness (QED) is 0.900. The number of hydrogen-bond acceptors (Lipinski definition) is 6. The van der Waals surface area contributed by atoms with Crippen LogP contribution >= 0.6 is 0 Å². The first-order valence-electron chi connectivity index (χ1n) is 8.03. The predicted octanol–water partition coefficient (Wildman–Crippen LogP) is 1.35. The summed E-state index contributed by atoms with van der Waals surface area (Å²) in [6.45, 7) is 4.74. The maximum absolute atomic E-state index is 12.7. The van der Waals surface area contributed by atoms with Gasteiger partial charge in [-0.2, -0.15) is 10.4 Å². The number of aromatic amines is 1. The Bertz CT molecular complexity index is 798. The number of hydrogen-bond donors (Lipinski definition) is 1. The Kier molecular flexibility index (Phi) is 4.95. The molecule has 0 unspecified atom stereocenters. The SMILES string of the molecule is Cc1nc([C@@H]2CN(C(=O)[C@H](C)Oc3ccccc3C#N)CCO2)n[nH]1. The van der Waals surface area contributed by atoms with Crippen LogP contribution in [0.15, 0.2) is 24.3 Å². The van der Waals surface area contributed by atoms with Gasteiger partial charge < -0.3 is 14.4 Å². The lowest BCUT2D eigenvalue weighted by molar-refractivity contribution is -0.146. The number of nitrogens with zero attached hydrogens (tertiary/aromatic N) is 4. The van der Waals surface area contributed by atoms with Gasteiger partial charge in [-0.25, -0.2) is 4.98 Å². The summed E-state index contributed by atoms with van der Waals surface area (Å²) >= 11 is 0. The number of H-pyrrole nitrogens is 1. The van der Waals surface area contributed by atoms with Crippen molar-refractivity contribution in [2.75, 3.05) is 19.7 Å². The second kappa shape index (κ2) is 7.32. The number of carbonyl (C=O) groups excluding carboxylic acids is 1. The summed E-state index contributed by atoms with van der Waals surface area (Å²) in [5.41, 5.74) is 0.401. The van der Waals surface area contributed by atoms with Gasteiger partial charge >= 0.3 is 0 Å².